The van der Waals surface area contributed by atoms with Crippen LogP contribution in [-0.4, -0.2) is 18.5 Å². The molecule has 4 nitrogen and oxygen atoms in total. The molecular formula is C13H11F3O4. The average Bonchev–Trinajstić information content (AvgIpc) is 2.37. The lowest BCUT2D eigenvalue weighted by molar-refractivity contribution is -0.138. The Labute approximate surface area is 112 Å². The van der Waals surface area contributed by atoms with E-state index in [4.69, 9.17) is 0 Å². The summed E-state index contributed by atoms with van der Waals surface area (Å²) in [6.07, 6.45) is -3.85. The predicted octanol–water partition coefficient (Wildman–Crippen LogP) is 2.97. The van der Waals surface area contributed by atoms with Crippen LogP contribution in [0, 0.1) is 0 Å². The van der Waals surface area contributed by atoms with Crippen LogP contribution in [0.3, 0.4) is 0 Å². The van der Waals surface area contributed by atoms with Gasteiger partial charge in [-0.3, -0.25) is 0 Å². The van der Waals surface area contributed by atoms with E-state index in [1.54, 1.807) is 0 Å². The quantitative estimate of drug-likeness (QED) is 0.485. The summed E-state index contributed by atoms with van der Waals surface area (Å²) >= 11 is 0. The molecule has 0 atom stereocenters. The van der Waals surface area contributed by atoms with Crippen LogP contribution >= 0.6 is 0 Å². The zero-order valence-corrected chi connectivity index (χ0v) is 10.5. The number of carbonyl (C=O) groups is 2. The van der Waals surface area contributed by atoms with Gasteiger partial charge in [-0.25, -0.2) is 9.59 Å². The number of carbonyl (C=O) groups excluding carboxylic acids is 2. The number of alkyl halides is 3. The first-order valence-electron chi connectivity index (χ1n) is 5.52. The maximum atomic E-state index is 12.6. The van der Waals surface area contributed by atoms with Crippen LogP contribution in [0.1, 0.15) is 22.8 Å². The average molecular weight is 288 g/mol. The summed E-state index contributed by atoms with van der Waals surface area (Å²) in [5.41, 5.74) is -1.31. The largest absolute Gasteiger partial charge is 0.462 e. The molecule has 0 N–H and O–H groups in total. The SMILES string of the molecule is C=CC(=O)Oc1cc(C(F)(F)F)ccc1C(=O)OCC. The number of halogens is 3. The number of benzene rings is 1. The molecule has 1 rings (SSSR count). The fraction of sp³-hybridized carbons (Fsp3) is 0.231. The van der Waals surface area contributed by atoms with E-state index in [1.807, 2.05) is 0 Å². The van der Waals surface area contributed by atoms with E-state index in [0.717, 1.165) is 12.1 Å². The maximum absolute atomic E-state index is 12.6. The summed E-state index contributed by atoms with van der Waals surface area (Å²) in [7, 11) is 0. The lowest BCUT2D eigenvalue weighted by atomic mass is 10.1. The van der Waals surface area contributed by atoms with Crippen LogP contribution < -0.4 is 4.74 Å². The zero-order valence-electron chi connectivity index (χ0n) is 10.5. The molecule has 7 heteroatoms. The molecule has 0 spiro atoms. The molecule has 0 amide bonds. The van der Waals surface area contributed by atoms with Gasteiger partial charge in [0.15, 0.2) is 0 Å². The minimum Gasteiger partial charge on any atom is -0.462 e. The summed E-state index contributed by atoms with van der Waals surface area (Å²) in [5, 5.41) is 0. The van der Waals surface area contributed by atoms with Gasteiger partial charge in [-0.05, 0) is 25.1 Å². The molecule has 0 fully saturated rings. The highest BCUT2D eigenvalue weighted by atomic mass is 19.4. The molecule has 1 aromatic carbocycles. The topological polar surface area (TPSA) is 52.6 Å². The van der Waals surface area contributed by atoms with E-state index >= 15 is 0 Å². The second kappa shape index (κ2) is 6.23. The Morgan fingerprint density at radius 2 is 2.00 bits per heavy atom. The van der Waals surface area contributed by atoms with Gasteiger partial charge in [-0.2, -0.15) is 13.2 Å². The number of hydrogen-bond donors (Lipinski definition) is 0. The van der Waals surface area contributed by atoms with Crippen molar-refractivity contribution in [1.29, 1.82) is 0 Å². The summed E-state index contributed by atoms with van der Waals surface area (Å²) in [5.74, 6) is -2.38. The third-order valence-corrected chi connectivity index (χ3v) is 2.18. The van der Waals surface area contributed by atoms with Crippen LogP contribution in [-0.2, 0) is 15.7 Å². The molecule has 0 unspecified atom stereocenters. The Kier molecular flexibility index (Phi) is 4.90. The molecule has 0 bridgehead atoms. The lowest BCUT2D eigenvalue weighted by Crippen LogP contribution is -2.13. The third kappa shape index (κ3) is 3.84. The molecule has 0 saturated heterocycles. The number of rotatable bonds is 4. The summed E-state index contributed by atoms with van der Waals surface area (Å²) in [6.45, 7) is 4.70. The normalized spacial score (nSPS) is 10.8. The van der Waals surface area contributed by atoms with Gasteiger partial charge in [-0.1, -0.05) is 6.58 Å². The number of ether oxygens (including phenoxy) is 2. The second-order valence-electron chi connectivity index (χ2n) is 3.55. The molecule has 0 aromatic heterocycles. The Hall–Kier alpha value is -2.31. The van der Waals surface area contributed by atoms with Crippen molar-refractivity contribution < 1.29 is 32.2 Å². The third-order valence-electron chi connectivity index (χ3n) is 2.18. The van der Waals surface area contributed by atoms with E-state index in [-0.39, 0.29) is 12.2 Å². The summed E-state index contributed by atoms with van der Waals surface area (Å²) in [6, 6.07) is 2.16. The molecule has 1 aromatic rings. The van der Waals surface area contributed by atoms with Crippen LogP contribution in [0.15, 0.2) is 30.9 Å². The first-order valence-corrected chi connectivity index (χ1v) is 5.52. The molecule has 0 heterocycles. The number of esters is 2. The lowest BCUT2D eigenvalue weighted by Gasteiger charge is -2.12. The smallest absolute Gasteiger partial charge is 0.416 e. The van der Waals surface area contributed by atoms with Crippen LogP contribution in [0.25, 0.3) is 0 Å². The highest BCUT2D eigenvalue weighted by Gasteiger charge is 2.32. The van der Waals surface area contributed by atoms with Crippen LogP contribution in [0.4, 0.5) is 13.2 Å². The van der Waals surface area contributed by atoms with E-state index in [9.17, 15) is 22.8 Å². The Bertz CT molecular complexity index is 535. The minimum atomic E-state index is -4.62. The van der Waals surface area contributed by atoms with E-state index < -0.39 is 29.4 Å². The van der Waals surface area contributed by atoms with E-state index in [2.05, 4.69) is 16.1 Å². The predicted molar refractivity (Wildman–Crippen MR) is 63.2 cm³/mol. The molecule has 108 valence electrons. The fourth-order valence-corrected chi connectivity index (χ4v) is 1.31. The van der Waals surface area contributed by atoms with Crippen LogP contribution in [0.5, 0.6) is 5.75 Å². The van der Waals surface area contributed by atoms with Gasteiger partial charge in [0.1, 0.15) is 11.3 Å². The van der Waals surface area contributed by atoms with Gasteiger partial charge in [0, 0.05) is 6.08 Å². The van der Waals surface area contributed by atoms with Gasteiger partial charge >= 0.3 is 18.1 Å². The second-order valence-corrected chi connectivity index (χ2v) is 3.55. The van der Waals surface area contributed by atoms with Gasteiger partial charge in [0.25, 0.3) is 0 Å². The van der Waals surface area contributed by atoms with Crippen LogP contribution in [0.2, 0.25) is 0 Å². The molecular weight excluding hydrogens is 277 g/mol. The van der Waals surface area contributed by atoms with Gasteiger partial charge in [0.05, 0.1) is 12.2 Å². The van der Waals surface area contributed by atoms with Crippen molar-refractivity contribution >= 4 is 11.9 Å². The Morgan fingerprint density at radius 1 is 1.35 bits per heavy atom. The van der Waals surface area contributed by atoms with Crippen molar-refractivity contribution in [2.24, 2.45) is 0 Å². The highest BCUT2D eigenvalue weighted by Crippen LogP contribution is 2.33. The summed E-state index contributed by atoms with van der Waals surface area (Å²) < 4.78 is 47.1. The van der Waals surface area contributed by atoms with Crippen molar-refractivity contribution in [2.75, 3.05) is 6.61 Å². The first kappa shape index (κ1) is 15.7. The van der Waals surface area contributed by atoms with Crippen molar-refractivity contribution in [3.05, 3.63) is 42.0 Å². The molecule has 0 saturated carbocycles. The van der Waals surface area contributed by atoms with Crippen molar-refractivity contribution in [2.45, 2.75) is 13.1 Å². The van der Waals surface area contributed by atoms with Crippen molar-refractivity contribution in [3.8, 4) is 5.75 Å². The van der Waals surface area contributed by atoms with Gasteiger partial charge in [-0.15, -0.1) is 0 Å². The molecule has 20 heavy (non-hydrogen) atoms. The maximum Gasteiger partial charge on any atom is 0.416 e. The van der Waals surface area contributed by atoms with Crippen molar-refractivity contribution in [3.63, 3.8) is 0 Å². The molecule has 0 radical (unpaired) electrons. The van der Waals surface area contributed by atoms with Gasteiger partial charge in [0.2, 0.25) is 0 Å². The van der Waals surface area contributed by atoms with Crippen molar-refractivity contribution in [1.82, 2.24) is 0 Å². The Morgan fingerprint density at radius 3 is 2.50 bits per heavy atom. The first-order chi connectivity index (χ1) is 9.29. The fourth-order valence-electron chi connectivity index (χ4n) is 1.31. The minimum absolute atomic E-state index is 0.0364. The highest BCUT2D eigenvalue weighted by molar-refractivity contribution is 5.94. The van der Waals surface area contributed by atoms with E-state index in [1.165, 1.54) is 6.92 Å². The monoisotopic (exact) mass is 288 g/mol. The number of hydrogen-bond acceptors (Lipinski definition) is 4. The van der Waals surface area contributed by atoms with Gasteiger partial charge < -0.3 is 9.47 Å². The van der Waals surface area contributed by atoms with E-state index in [0.29, 0.717) is 12.1 Å². The zero-order chi connectivity index (χ0) is 15.3. The molecule has 0 aliphatic carbocycles. The Balaban J connectivity index is 3.26. The summed E-state index contributed by atoms with van der Waals surface area (Å²) in [4.78, 5) is 22.7. The standard InChI is InChI=1S/C13H11F3O4/c1-3-11(17)20-10-7-8(13(14,15)16)5-6-9(10)12(18)19-4-2/h3,5-7H,1,4H2,2H3. The molecule has 0 aliphatic rings. The molecule has 0 aliphatic heterocycles.